The van der Waals surface area contributed by atoms with E-state index >= 15 is 0 Å². The maximum absolute atomic E-state index is 12.2. The summed E-state index contributed by atoms with van der Waals surface area (Å²) in [5.41, 5.74) is 0. The molecule has 1 saturated heterocycles. The molecule has 102 valence electrons. The molecule has 0 aromatic heterocycles. The molecule has 1 aliphatic heterocycles. The molecule has 0 aromatic rings. The Morgan fingerprint density at radius 1 is 1.06 bits per heavy atom. The third-order valence-corrected chi connectivity index (χ3v) is 4.17. The fourth-order valence-electron chi connectivity index (χ4n) is 2.86. The van der Waals surface area contributed by atoms with E-state index in [1.807, 2.05) is 23.6 Å². The Balaban J connectivity index is 1.86. The van der Waals surface area contributed by atoms with Crippen LogP contribution in [0.1, 0.15) is 39.5 Å². The van der Waals surface area contributed by atoms with Gasteiger partial charge in [0, 0.05) is 26.2 Å². The molecular formula is C14H24N2O2. The standard InChI is InChI=1S/C14H24N2O2/c1-3-15(4-2)13(17)11-10-12(11)14(18)16-8-6-5-7-9-16/h11-12H,3-10H2,1-2H3. The first-order chi connectivity index (χ1) is 8.69. The van der Waals surface area contributed by atoms with Crippen molar-refractivity contribution in [3.8, 4) is 0 Å². The van der Waals surface area contributed by atoms with Crippen LogP contribution in [0.3, 0.4) is 0 Å². The average molecular weight is 252 g/mol. The molecule has 18 heavy (non-hydrogen) atoms. The van der Waals surface area contributed by atoms with E-state index in [1.165, 1.54) is 6.42 Å². The first kappa shape index (κ1) is 13.4. The monoisotopic (exact) mass is 252 g/mol. The molecule has 2 atom stereocenters. The average Bonchev–Trinajstić information content (AvgIpc) is 3.20. The Morgan fingerprint density at radius 3 is 2.22 bits per heavy atom. The fourth-order valence-corrected chi connectivity index (χ4v) is 2.86. The van der Waals surface area contributed by atoms with Gasteiger partial charge in [-0.3, -0.25) is 9.59 Å². The summed E-state index contributed by atoms with van der Waals surface area (Å²) in [7, 11) is 0. The Kier molecular flexibility index (Phi) is 4.25. The second-order valence-corrected chi connectivity index (χ2v) is 5.35. The topological polar surface area (TPSA) is 40.6 Å². The lowest BCUT2D eigenvalue weighted by molar-refractivity contribution is -0.138. The molecular weight excluding hydrogens is 228 g/mol. The van der Waals surface area contributed by atoms with E-state index in [0.717, 1.165) is 45.4 Å². The lowest BCUT2D eigenvalue weighted by Gasteiger charge is -2.27. The van der Waals surface area contributed by atoms with Crippen LogP contribution in [0.15, 0.2) is 0 Å². The summed E-state index contributed by atoms with van der Waals surface area (Å²) in [4.78, 5) is 28.2. The summed E-state index contributed by atoms with van der Waals surface area (Å²) in [6.07, 6.45) is 4.24. The lowest BCUT2D eigenvalue weighted by atomic mass is 10.1. The zero-order chi connectivity index (χ0) is 13.1. The van der Waals surface area contributed by atoms with Crippen LogP contribution < -0.4 is 0 Å². The van der Waals surface area contributed by atoms with Crippen molar-refractivity contribution in [2.24, 2.45) is 11.8 Å². The molecule has 1 aliphatic carbocycles. The highest BCUT2D eigenvalue weighted by atomic mass is 16.2. The normalized spacial score (nSPS) is 26.9. The number of hydrogen-bond acceptors (Lipinski definition) is 2. The molecule has 4 heteroatoms. The van der Waals surface area contributed by atoms with Crippen molar-refractivity contribution in [3.05, 3.63) is 0 Å². The van der Waals surface area contributed by atoms with Crippen LogP contribution in [0.5, 0.6) is 0 Å². The van der Waals surface area contributed by atoms with Crippen molar-refractivity contribution in [1.29, 1.82) is 0 Å². The molecule has 0 radical (unpaired) electrons. The summed E-state index contributed by atoms with van der Waals surface area (Å²) in [5.74, 6) is 0.353. The molecule has 2 rings (SSSR count). The third-order valence-electron chi connectivity index (χ3n) is 4.17. The van der Waals surface area contributed by atoms with Gasteiger partial charge in [-0.05, 0) is 39.5 Å². The zero-order valence-corrected chi connectivity index (χ0v) is 11.5. The van der Waals surface area contributed by atoms with Gasteiger partial charge in [0.2, 0.25) is 11.8 Å². The molecule has 0 spiro atoms. The molecule has 1 saturated carbocycles. The minimum absolute atomic E-state index is 0.0174. The molecule has 2 unspecified atom stereocenters. The summed E-state index contributed by atoms with van der Waals surface area (Å²) < 4.78 is 0. The third kappa shape index (κ3) is 2.68. The molecule has 0 bridgehead atoms. The number of carbonyl (C=O) groups excluding carboxylic acids is 2. The van der Waals surface area contributed by atoms with Crippen molar-refractivity contribution in [1.82, 2.24) is 9.80 Å². The van der Waals surface area contributed by atoms with Gasteiger partial charge in [0.1, 0.15) is 0 Å². The van der Waals surface area contributed by atoms with Gasteiger partial charge < -0.3 is 9.80 Å². The van der Waals surface area contributed by atoms with Gasteiger partial charge in [0.05, 0.1) is 11.8 Å². The second-order valence-electron chi connectivity index (χ2n) is 5.35. The number of carbonyl (C=O) groups is 2. The van der Waals surface area contributed by atoms with Gasteiger partial charge >= 0.3 is 0 Å². The predicted molar refractivity (Wildman–Crippen MR) is 70.0 cm³/mol. The van der Waals surface area contributed by atoms with Crippen molar-refractivity contribution in [3.63, 3.8) is 0 Å². The number of nitrogens with zero attached hydrogens (tertiary/aromatic N) is 2. The highest BCUT2D eigenvalue weighted by molar-refractivity contribution is 5.92. The number of rotatable bonds is 4. The van der Waals surface area contributed by atoms with Crippen LogP contribution in [-0.2, 0) is 9.59 Å². The van der Waals surface area contributed by atoms with E-state index in [-0.39, 0.29) is 23.7 Å². The van der Waals surface area contributed by atoms with Crippen LogP contribution in [0.4, 0.5) is 0 Å². The predicted octanol–water partition coefficient (Wildman–Crippen LogP) is 1.50. The maximum atomic E-state index is 12.2. The van der Waals surface area contributed by atoms with Crippen molar-refractivity contribution < 1.29 is 9.59 Å². The summed E-state index contributed by atoms with van der Waals surface area (Å²) in [5, 5.41) is 0. The van der Waals surface area contributed by atoms with E-state index in [9.17, 15) is 9.59 Å². The largest absolute Gasteiger partial charge is 0.343 e. The summed E-state index contributed by atoms with van der Waals surface area (Å²) in [6, 6.07) is 0. The van der Waals surface area contributed by atoms with Gasteiger partial charge in [-0.1, -0.05) is 0 Å². The van der Waals surface area contributed by atoms with Gasteiger partial charge in [-0.15, -0.1) is 0 Å². The van der Waals surface area contributed by atoms with Gasteiger partial charge in [0.25, 0.3) is 0 Å². The number of piperidine rings is 1. The summed E-state index contributed by atoms with van der Waals surface area (Å²) >= 11 is 0. The van der Waals surface area contributed by atoms with Crippen molar-refractivity contribution in [2.75, 3.05) is 26.2 Å². The van der Waals surface area contributed by atoms with E-state index in [0.29, 0.717) is 0 Å². The summed E-state index contributed by atoms with van der Waals surface area (Å²) in [6.45, 7) is 7.26. The van der Waals surface area contributed by atoms with Crippen LogP contribution in [0, 0.1) is 11.8 Å². The molecule has 1 heterocycles. The van der Waals surface area contributed by atoms with Gasteiger partial charge in [-0.25, -0.2) is 0 Å². The highest BCUT2D eigenvalue weighted by Gasteiger charge is 2.50. The quantitative estimate of drug-likeness (QED) is 0.761. The molecule has 2 fully saturated rings. The lowest BCUT2D eigenvalue weighted by Crippen LogP contribution is -2.38. The van der Waals surface area contributed by atoms with Crippen LogP contribution in [0.2, 0.25) is 0 Å². The molecule has 0 aromatic carbocycles. The van der Waals surface area contributed by atoms with E-state index in [2.05, 4.69) is 0 Å². The van der Waals surface area contributed by atoms with E-state index in [4.69, 9.17) is 0 Å². The SMILES string of the molecule is CCN(CC)C(=O)C1CC1C(=O)N1CCCCC1. The second kappa shape index (κ2) is 5.72. The molecule has 2 aliphatic rings. The smallest absolute Gasteiger partial charge is 0.226 e. The van der Waals surface area contributed by atoms with Gasteiger partial charge in [0.15, 0.2) is 0 Å². The van der Waals surface area contributed by atoms with Gasteiger partial charge in [-0.2, -0.15) is 0 Å². The van der Waals surface area contributed by atoms with E-state index < -0.39 is 0 Å². The first-order valence-corrected chi connectivity index (χ1v) is 7.26. The Hall–Kier alpha value is -1.06. The number of hydrogen-bond donors (Lipinski definition) is 0. The fraction of sp³-hybridized carbons (Fsp3) is 0.857. The maximum Gasteiger partial charge on any atom is 0.226 e. The zero-order valence-electron chi connectivity index (χ0n) is 11.5. The highest BCUT2D eigenvalue weighted by Crippen LogP contribution is 2.41. The Morgan fingerprint density at radius 2 is 1.67 bits per heavy atom. The molecule has 2 amide bonds. The minimum atomic E-state index is -0.0284. The minimum Gasteiger partial charge on any atom is -0.343 e. The van der Waals surface area contributed by atoms with Crippen LogP contribution >= 0.6 is 0 Å². The molecule has 0 N–H and O–H groups in total. The van der Waals surface area contributed by atoms with Crippen LogP contribution in [0.25, 0.3) is 0 Å². The Bertz CT molecular complexity index is 320. The number of likely N-dealkylation sites (tertiary alicyclic amines) is 1. The first-order valence-electron chi connectivity index (χ1n) is 7.26. The Labute approximate surface area is 109 Å². The van der Waals surface area contributed by atoms with Crippen molar-refractivity contribution in [2.45, 2.75) is 39.5 Å². The van der Waals surface area contributed by atoms with E-state index in [1.54, 1.807) is 0 Å². The number of amides is 2. The van der Waals surface area contributed by atoms with Crippen LogP contribution in [-0.4, -0.2) is 47.8 Å². The van der Waals surface area contributed by atoms with Crippen molar-refractivity contribution >= 4 is 11.8 Å². The molecule has 4 nitrogen and oxygen atoms in total.